The first-order chi connectivity index (χ1) is 13.4. The summed E-state index contributed by atoms with van der Waals surface area (Å²) in [4.78, 5) is 12.8. The van der Waals surface area contributed by atoms with Crippen LogP contribution in [0.5, 0.6) is 0 Å². The van der Waals surface area contributed by atoms with E-state index in [1.54, 1.807) is 32.0 Å². The summed E-state index contributed by atoms with van der Waals surface area (Å²) in [6, 6.07) is 9.12. The molecule has 0 saturated carbocycles. The van der Waals surface area contributed by atoms with E-state index in [0.29, 0.717) is 15.7 Å². The number of carbonyl (C=O) groups excluding carboxylic acids is 1. The fourth-order valence-electron chi connectivity index (χ4n) is 2.74. The SMILES string of the molecule is Cc1ccc(S(=O)(=O)N(C)C)cc1NC(=O)[C@H](C)N[C@@H](C)c1ccc(Cl)cc1Cl. The Morgan fingerprint density at radius 2 is 1.72 bits per heavy atom. The third kappa shape index (κ3) is 5.71. The molecular formula is C20H25Cl2N3O3S. The highest BCUT2D eigenvalue weighted by Gasteiger charge is 2.21. The first kappa shape index (κ1) is 23.6. The van der Waals surface area contributed by atoms with Crippen LogP contribution in [-0.2, 0) is 14.8 Å². The Morgan fingerprint density at radius 1 is 1.07 bits per heavy atom. The lowest BCUT2D eigenvalue weighted by Crippen LogP contribution is -2.39. The molecule has 158 valence electrons. The number of carbonyl (C=O) groups is 1. The van der Waals surface area contributed by atoms with E-state index < -0.39 is 16.1 Å². The first-order valence-electron chi connectivity index (χ1n) is 8.98. The van der Waals surface area contributed by atoms with E-state index in [2.05, 4.69) is 10.6 Å². The molecular weight excluding hydrogens is 433 g/mol. The Kier molecular flexibility index (Phi) is 7.70. The summed E-state index contributed by atoms with van der Waals surface area (Å²) < 4.78 is 25.8. The number of rotatable bonds is 7. The van der Waals surface area contributed by atoms with Crippen LogP contribution in [0.1, 0.15) is 31.0 Å². The fourth-order valence-corrected chi connectivity index (χ4v) is 4.24. The maximum atomic E-state index is 12.7. The minimum absolute atomic E-state index is 0.116. The zero-order chi connectivity index (χ0) is 21.9. The van der Waals surface area contributed by atoms with Gasteiger partial charge in [0.05, 0.1) is 10.9 Å². The summed E-state index contributed by atoms with van der Waals surface area (Å²) in [6.45, 7) is 5.43. The van der Waals surface area contributed by atoms with Gasteiger partial charge in [0.1, 0.15) is 0 Å². The van der Waals surface area contributed by atoms with Crippen molar-refractivity contribution < 1.29 is 13.2 Å². The largest absolute Gasteiger partial charge is 0.324 e. The van der Waals surface area contributed by atoms with Crippen LogP contribution in [0.2, 0.25) is 10.0 Å². The molecule has 0 aromatic heterocycles. The number of halogens is 2. The summed E-state index contributed by atoms with van der Waals surface area (Å²) >= 11 is 12.2. The van der Waals surface area contributed by atoms with Gasteiger partial charge in [-0.3, -0.25) is 10.1 Å². The maximum Gasteiger partial charge on any atom is 0.242 e. The lowest BCUT2D eigenvalue weighted by atomic mass is 10.1. The predicted molar refractivity (Wildman–Crippen MR) is 118 cm³/mol. The fraction of sp³-hybridized carbons (Fsp3) is 0.350. The number of aryl methyl sites for hydroxylation is 1. The van der Waals surface area contributed by atoms with Crippen molar-refractivity contribution in [2.24, 2.45) is 0 Å². The highest BCUT2D eigenvalue weighted by Crippen LogP contribution is 2.27. The number of nitrogens with zero attached hydrogens (tertiary/aromatic N) is 1. The molecule has 2 rings (SSSR count). The average molecular weight is 458 g/mol. The molecule has 29 heavy (non-hydrogen) atoms. The van der Waals surface area contributed by atoms with Crippen LogP contribution in [0.25, 0.3) is 0 Å². The van der Waals surface area contributed by atoms with Gasteiger partial charge in [0.15, 0.2) is 0 Å². The van der Waals surface area contributed by atoms with Gasteiger partial charge < -0.3 is 5.32 Å². The number of sulfonamides is 1. The highest BCUT2D eigenvalue weighted by molar-refractivity contribution is 7.89. The van der Waals surface area contributed by atoms with E-state index in [-0.39, 0.29) is 16.8 Å². The molecule has 0 spiro atoms. The van der Waals surface area contributed by atoms with E-state index in [0.717, 1.165) is 15.4 Å². The Morgan fingerprint density at radius 3 is 2.31 bits per heavy atom. The second-order valence-electron chi connectivity index (χ2n) is 7.03. The van der Waals surface area contributed by atoms with Crippen molar-refractivity contribution in [3.63, 3.8) is 0 Å². The van der Waals surface area contributed by atoms with Crippen LogP contribution in [0.15, 0.2) is 41.3 Å². The highest BCUT2D eigenvalue weighted by atomic mass is 35.5. The molecule has 2 atom stereocenters. The summed E-state index contributed by atoms with van der Waals surface area (Å²) in [7, 11) is -0.673. The van der Waals surface area contributed by atoms with Crippen molar-refractivity contribution in [3.8, 4) is 0 Å². The number of amides is 1. The molecule has 0 fully saturated rings. The van der Waals surface area contributed by atoms with E-state index in [1.807, 2.05) is 13.0 Å². The molecule has 0 unspecified atom stereocenters. The van der Waals surface area contributed by atoms with Gasteiger partial charge in [0.2, 0.25) is 15.9 Å². The van der Waals surface area contributed by atoms with Crippen LogP contribution in [0, 0.1) is 6.92 Å². The molecule has 0 aliphatic carbocycles. The molecule has 2 N–H and O–H groups in total. The second-order valence-corrected chi connectivity index (χ2v) is 10.0. The molecule has 0 saturated heterocycles. The molecule has 2 aromatic rings. The lowest BCUT2D eigenvalue weighted by Gasteiger charge is -2.21. The number of hydrogen-bond donors (Lipinski definition) is 2. The first-order valence-corrected chi connectivity index (χ1v) is 11.2. The summed E-state index contributed by atoms with van der Waals surface area (Å²) in [6.07, 6.45) is 0. The van der Waals surface area contributed by atoms with Crippen molar-refractivity contribution in [2.75, 3.05) is 19.4 Å². The monoisotopic (exact) mass is 457 g/mol. The Balaban J connectivity index is 2.15. The molecule has 2 aromatic carbocycles. The normalized spacial score (nSPS) is 13.9. The summed E-state index contributed by atoms with van der Waals surface area (Å²) in [5.41, 5.74) is 2.03. The van der Waals surface area contributed by atoms with Crippen molar-refractivity contribution in [3.05, 3.63) is 57.6 Å². The van der Waals surface area contributed by atoms with Crippen molar-refractivity contribution in [2.45, 2.75) is 37.8 Å². The molecule has 0 aliphatic heterocycles. The lowest BCUT2D eigenvalue weighted by molar-refractivity contribution is -0.117. The van der Waals surface area contributed by atoms with E-state index in [4.69, 9.17) is 23.2 Å². The number of hydrogen-bond acceptors (Lipinski definition) is 4. The van der Waals surface area contributed by atoms with E-state index in [9.17, 15) is 13.2 Å². The predicted octanol–water partition coefficient (Wildman–Crippen LogP) is 4.23. The standard InChI is InChI=1S/C20H25Cl2N3O3S/c1-12-6-8-16(29(27,28)25(4)5)11-19(12)24-20(26)14(3)23-13(2)17-9-7-15(21)10-18(17)22/h6-11,13-14,23H,1-5H3,(H,24,26)/t13-,14-/m0/s1. The van der Waals surface area contributed by atoms with Gasteiger partial charge in [-0.2, -0.15) is 0 Å². The molecule has 0 bridgehead atoms. The Bertz CT molecular complexity index is 1010. The molecule has 0 aliphatic rings. The van der Waals surface area contributed by atoms with Gasteiger partial charge in [0.25, 0.3) is 0 Å². The number of nitrogens with one attached hydrogen (secondary N) is 2. The zero-order valence-electron chi connectivity index (χ0n) is 17.0. The maximum absolute atomic E-state index is 12.7. The Labute approximate surface area is 182 Å². The van der Waals surface area contributed by atoms with Gasteiger partial charge >= 0.3 is 0 Å². The van der Waals surface area contributed by atoms with Crippen molar-refractivity contribution in [1.29, 1.82) is 0 Å². The zero-order valence-corrected chi connectivity index (χ0v) is 19.3. The third-order valence-electron chi connectivity index (χ3n) is 4.57. The van der Waals surface area contributed by atoms with Gasteiger partial charge in [-0.25, -0.2) is 12.7 Å². The van der Waals surface area contributed by atoms with Crippen LogP contribution in [0.3, 0.4) is 0 Å². The molecule has 9 heteroatoms. The van der Waals surface area contributed by atoms with Crippen LogP contribution < -0.4 is 10.6 Å². The van der Waals surface area contributed by atoms with E-state index in [1.165, 1.54) is 26.2 Å². The van der Waals surface area contributed by atoms with E-state index >= 15 is 0 Å². The van der Waals surface area contributed by atoms with Gasteiger partial charge in [-0.15, -0.1) is 0 Å². The van der Waals surface area contributed by atoms with Crippen LogP contribution >= 0.6 is 23.2 Å². The topological polar surface area (TPSA) is 78.5 Å². The average Bonchev–Trinajstić information content (AvgIpc) is 2.62. The van der Waals surface area contributed by atoms with Crippen LogP contribution in [0.4, 0.5) is 5.69 Å². The smallest absolute Gasteiger partial charge is 0.242 e. The molecule has 0 radical (unpaired) electrons. The minimum atomic E-state index is -3.59. The molecule has 1 amide bonds. The summed E-state index contributed by atoms with van der Waals surface area (Å²) in [5.74, 6) is -0.288. The second kappa shape index (κ2) is 9.45. The molecule has 0 heterocycles. The quantitative estimate of drug-likeness (QED) is 0.651. The van der Waals surface area contributed by atoms with Gasteiger partial charge in [-0.1, -0.05) is 35.3 Å². The minimum Gasteiger partial charge on any atom is -0.324 e. The van der Waals surface area contributed by atoms with Crippen molar-refractivity contribution >= 4 is 44.8 Å². The third-order valence-corrected chi connectivity index (χ3v) is 6.94. The number of benzene rings is 2. The molecule has 6 nitrogen and oxygen atoms in total. The van der Waals surface area contributed by atoms with Gasteiger partial charge in [0, 0.05) is 35.9 Å². The Hall–Kier alpha value is -1.64. The number of anilines is 1. The van der Waals surface area contributed by atoms with Crippen LogP contribution in [-0.4, -0.2) is 38.8 Å². The van der Waals surface area contributed by atoms with Gasteiger partial charge in [-0.05, 0) is 56.2 Å². The summed E-state index contributed by atoms with van der Waals surface area (Å²) in [5, 5.41) is 7.05. The van der Waals surface area contributed by atoms with Crippen molar-refractivity contribution in [1.82, 2.24) is 9.62 Å².